The van der Waals surface area contributed by atoms with E-state index < -0.39 is 5.82 Å². The maximum absolute atomic E-state index is 13.9. The minimum absolute atomic E-state index is 0.0413. The highest BCUT2D eigenvalue weighted by Gasteiger charge is 2.17. The van der Waals surface area contributed by atoms with Crippen LogP contribution in [0, 0.1) is 5.82 Å². The highest BCUT2D eigenvalue weighted by Crippen LogP contribution is 2.26. The Kier molecular flexibility index (Phi) is 8.49. The van der Waals surface area contributed by atoms with Gasteiger partial charge in [-0.15, -0.1) is 10.2 Å². The van der Waals surface area contributed by atoms with Crippen LogP contribution in [0.25, 0.3) is 0 Å². The van der Waals surface area contributed by atoms with Crippen LogP contribution in [0.4, 0.5) is 4.39 Å². The quantitative estimate of drug-likeness (QED) is 0.224. The lowest BCUT2D eigenvalue weighted by atomic mass is 10.1. The number of carbonyl (C=O) groups is 1. The molecule has 170 valence electrons. The predicted molar refractivity (Wildman–Crippen MR) is 120 cm³/mol. The Balaban J connectivity index is 1.70. The van der Waals surface area contributed by atoms with E-state index in [4.69, 9.17) is 4.74 Å². The fourth-order valence-electron chi connectivity index (χ4n) is 3.12. The molecule has 0 amide bonds. The van der Waals surface area contributed by atoms with Gasteiger partial charge in [0.2, 0.25) is 0 Å². The van der Waals surface area contributed by atoms with E-state index in [0.29, 0.717) is 17.5 Å². The first-order chi connectivity index (χ1) is 15.5. The third kappa shape index (κ3) is 6.23. The molecule has 3 aromatic rings. The van der Waals surface area contributed by atoms with Gasteiger partial charge in [-0.2, -0.15) is 0 Å². The summed E-state index contributed by atoms with van der Waals surface area (Å²) in [5.41, 5.74) is 0.132. The molecule has 0 aliphatic rings. The molecule has 2 N–H and O–H groups in total. The number of ketones is 1. The van der Waals surface area contributed by atoms with E-state index in [0.717, 1.165) is 31.7 Å². The topological polar surface area (TPSA) is 97.5 Å². The largest absolute Gasteiger partial charge is 0.508 e. The van der Waals surface area contributed by atoms with Crippen LogP contribution < -0.4 is 4.74 Å². The van der Waals surface area contributed by atoms with Crippen molar-refractivity contribution in [1.29, 1.82) is 0 Å². The van der Waals surface area contributed by atoms with Crippen molar-refractivity contribution in [3.8, 4) is 17.2 Å². The highest BCUT2D eigenvalue weighted by molar-refractivity contribution is 7.99. The van der Waals surface area contributed by atoms with Crippen molar-refractivity contribution in [3.05, 3.63) is 59.7 Å². The molecule has 3 rings (SSSR count). The number of para-hydroxylation sites is 1. The van der Waals surface area contributed by atoms with Crippen LogP contribution in [0.5, 0.6) is 17.2 Å². The third-order valence-corrected chi connectivity index (χ3v) is 5.80. The van der Waals surface area contributed by atoms with Crippen LogP contribution in [-0.2, 0) is 13.2 Å². The summed E-state index contributed by atoms with van der Waals surface area (Å²) in [6.07, 6.45) is 4.19. The lowest BCUT2D eigenvalue weighted by Gasteiger charge is -2.11. The van der Waals surface area contributed by atoms with Crippen molar-refractivity contribution in [1.82, 2.24) is 14.8 Å². The maximum atomic E-state index is 13.9. The van der Waals surface area contributed by atoms with Crippen LogP contribution in [0.15, 0.2) is 47.6 Å². The number of benzene rings is 2. The first-order valence-corrected chi connectivity index (χ1v) is 11.5. The number of hydrogen-bond donors (Lipinski definition) is 2. The summed E-state index contributed by atoms with van der Waals surface area (Å²) in [5.74, 6) is -0.395. The van der Waals surface area contributed by atoms with E-state index >= 15 is 0 Å². The second kappa shape index (κ2) is 11.5. The summed E-state index contributed by atoms with van der Waals surface area (Å²) in [6, 6.07) is 10.0. The summed E-state index contributed by atoms with van der Waals surface area (Å²) in [5, 5.41) is 28.3. The zero-order valence-corrected chi connectivity index (χ0v) is 18.6. The first kappa shape index (κ1) is 23.6. The van der Waals surface area contributed by atoms with Crippen LogP contribution >= 0.6 is 11.8 Å². The summed E-state index contributed by atoms with van der Waals surface area (Å²) in [4.78, 5) is 12.5. The second-order valence-electron chi connectivity index (χ2n) is 7.24. The number of hydrogen-bond acceptors (Lipinski definition) is 7. The SMILES string of the molecule is CCCCCCn1c(COc2ccccc2F)nnc1SCC(=O)c1ccc(O)cc1O. The van der Waals surface area contributed by atoms with E-state index in [2.05, 4.69) is 17.1 Å². The fourth-order valence-corrected chi connectivity index (χ4v) is 3.99. The number of unbranched alkanes of at least 4 members (excludes halogenated alkanes) is 3. The van der Waals surface area contributed by atoms with Gasteiger partial charge >= 0.3 is 0 Å². The molecule has 9 heteroatoms. The fraction of sp³-hybridized carbons (Fsp3) is 0.348. The Hall–Kier alpha value is -3.07. The van der Waals surface area contributed by atoms with Crippen molar-refractivity contribution >= 4 is 17.5 Å². The molecule has 0 spiro atoms. The van der Waals surface area contributed by atoms with Gasteiger partial charge in [-0.1, -0.05) is 50.1 Å². The Bertz CT molecular complexity index is 1060. The van der Waals surface area contributed by atoms with Crippen molar-refractivity contribution < 1.29 is 24.1 Å². The molecule has 0 aliphatic carbocycles. The highest BCUT2D eigenvalue weighted by atomic mass is 32.2. The van der Waals surface area contributed by atoms with Gasteiger partial charge < -0.3 is 19.5 Å². The second-order valence-corrected chi connectivity index (χ2v) is 8.19. The number of aromatic nitrogens is 3. The minimum atomic E-state index is -0.449. The molecule has 1 heterocycles. The molecule has 0 saturated carbocycles. The number of phenols is 2. The molecular weight excluding hydrogens is 433 g/mol. The van der Waals surface area contributed by atoms with Gasteiger partial charge in [0, 0.05) is 12.6 Å². The zero-order chi connectivity index (χ0) is 22.9. The van der Waals surface area contributed by atoms with Crippen LogP contribution in [0.1, 0.15) is 48.8 Å². The van der Waals surface area contributed by atoms with Crippen LogP contribution in [-0.4, -0.2) is 36.5 Å². The van der Waals surface area contributed by atoms with Gasteiger partial charge in [0.1, 0.15) is 18.1 Å². The number of carbonyl (C=O) groups excluding carboxylic acids is 1. The van der Waals surface area contributed by atoms with E-state index in [-0.39, 0.29) is 41.0 Å². The molecule has 2 aromatic carbocycles. The van der Waals surface area contributed by atoms with Crippen molar-refractivity contribution in [2.45, 2.75) is 50.9 Å². The van der Waals surface area contributed by atoms with Crippen molar-refractivity contribution in [2.75, 3.05) is 5.75 Å². The number of aromatic hydroxyl groups is 2. The molecule has 0 unspecified atom stereocenters. The number of phenolic OH excluding ortho intramolecular Hbond substituents is 2. The molecule has 0 atom stereocenters. The molecule has 0 saturated heterocycles. The van der Waals surface area contributed by atoms with Gasteiger partial charge in [-0.25, -0.2) is 4.39 Å². The number of nitrogens with zero attached hydrogens (tertiary/aromatic N) is 3. The molecule has 0 bridgehead atoms. The summed E-state index contributed by atoms with van der Waals surface area (Å²) >= 11 is 1.21. The predicted octanol–water partition coefficient (Wildman–Crippen LogP) is 4.96. The maximum Gasteiger partial charge on any atom is 0.191 e. The number of halogens is 1. The Labute approximate surface area is 190 Å². The van der Waals surface area contributed by atoms with Crippen LogP contribution in [0.3, 0.4) is 0 Å². The summed E-state index contributed by atoms with van der Waals surface area (Å²) in [7, 11) is 0. The first-order valence-electron chi connectivity index (χ1n) is 10.5. The van der Waals surface area contributed by atoms with Crippen molar-refractivity contribution in [3.63, 3.8) is 0 Å². The summed E-state index contributed by atoms with van der Waals surface area (Å²) < 4.78 is 21.4. The molecule has 0 fully saturated rings. The number of thioether (sulfide) groups is 1. The monoisotopic (exact) mass is 459 g/mol. The summed E-state index contributed by atoms with van der Waals surface area (Å²) in [6.45, 7) is 2.84. The van der Waals surface area contributed by atoms with E-state index in [1.165, 1.54) is 30.0 Å². The van der Waals surface area contributed by atoms with E-state index in [1.807, 2.05) is 4.57 Å². The zero-order valence-electron chi connectivity index (χ0n) is 17.8. The number of Topliss-reactive ketones (excluding diaryl/α,β-unsaturated/α-hetero) is 1. The lowest BCUT2D eigenvalue weighted by Crippen LogP contribution is -2.10. The molecule has 32 heavy (non-hydrogen) atoms. The average Bonchev–Trinajstić information content (AvgIpc) is 3.16. The number of ether oxygens (including phenoxy) is 1. The molecule has 0 radical (unpaired) electrons. The van der Waals surface area contributed by atoms with Gasteiger partial charge in [-0.05, 0) is 30.7 Å². The Morgan fingerprint density at radius 2 is 1.94 bits per heavy atom. The van der Waals surface area contributed by atoms with Gasteiger partial charge in [-0.3, -0.25) is 4.79 Å². The van der Waals surface area contributed by atoms with Crippen LogP contribution in [0.2, 0.25) is 0 Å². The standard InChI is InChI=1S/C23H26FN3O4S/c1-2-3-4-7-12-27-22(14-31-21-9-6-5-8-18(21)24)25-26-23(27)32-15-20(30)17-11-10-16(28)13-19(17)29/h5-6,8-11,13,28-29H,2-4,7,12,14-15H2,1H3. The third-order valence-electron chi connectivity index (χ3n) is 4.84. The minimum Gasteiger partial charge on any atom is -0.508 e. The molecule has 0 aliphatic heterocycles. The normalized spacial score (nSPS) is 10.9. The number of rotatable bonds is 12. The molecular formula is C23H26FN3O4S. The Morgan fingerprint density at radius 1 is 1.12 bits per heavy atom. The van der Waals surface area contributed by atoms with Gasteiger partial charge in [0.05, 0.1) is 11.3 Å². The van der Waals surface area contributed by atoms with E-state index in [9.17, 15) is 19.4 Å². The van der Waals surface area contributed by atoms with Crippen molar-refractivity contribution in [2.24, 2.45) is 0 Å². The lowest BCUT2D eigenvalue weighted by molar-refractivity contribution is 0.102. The smallest absolute Gasteiger partial charge is 0.191 e. The van der Waals surface area contributed by atoms with Gasteiger partial charge in [0.25, 0.3) is 0 Å². The average molecular weight is 460 g/mol. The Morgan fingerprint density at radius 3 is 2.69 bits per heavy atom. The molecule has 1 aromatic heterocycles. The van der Waals surface area contributed by atoms with E-state index in [1.54, 1.807) is 18.2 Å². The van der Waals surface area contributed by atoms with Gasteiger partial charge in [0.15, 0.2) is 28.3 Å². The molecule has 7 nitrogen and oxygen atoms in total.